The third-order valence-corrected chi connectivity index (χ3v) is 8.69. The van der Waals surface area contributed by atoms with Crippen LogP contribution < -0.4 is 51.4 Å². The molecule has 0 unspecified atom stereocenters. The van der Waals surface area contributed by atoms with Crippen LogP contribution >= 0.6 is 0 Å². The van der Waals surface area contributed by atoms with Crippen LogP contribution in [0.3, 0.4) is 0 Å². The normalized spacial score (nSPS) is 47.8. The fourth-order valence-corrected chi connectivity index (χ4v) is 7.49. The SMILES string of the molecule is C[C@]12CC[C@H]3[C@@H](CC=C4C[C@@H](O)CC[C@@]43C)[C@@H]1CC[C@@H]2OS(=O)(=O)[O-].[K+]. The number of hydrogen-bond acceptors (Lipinski definition) is 5. The Morgan fingerprint density at radius 1 is 1.15 bits per heavy atom. The molecule has 0 aromatic carbocycles. The zero-order valence-electron chi connectivity index (χ0n) is 16.1. The van der Waals surface area contributed by atoms with E-state index in [0.29, 0.717) is 24.2 Å². The topological polar surface area (TPSA) is 86.7 Å². The number of fused-ring (bicyclic) bond motifs is 5. The average Bonchev–Trinajstić information content (AvgIpc) is 2.83. The second-order valence-electron chi connectivity index (χ2n) is 9.27. The van der Waals surface area contributed by atoms with Gasteiger partial charge in [0.2, 0.25) is 10.4 Å². The summed E-state index contributed by atoms with van der Waals surface area (Å²) in [6, 6.07) is 0. The fraction of sp³-hybridized carbons (Fsp3) is 0.895. The van der Waals surface area contributed by atoms with E-state index in [-0.39, 0.29) is 68.3 Å². The molecule has 0 radical (unpaired) electrons. The van der Waals surface area contributed by atoms with Crippen molar-refractivity contribution < 1.29 is 73.6 Å². The molecule has 3 fully saturated rings. The Morgan fingerprint density at radius 2 is 1.88 bits per heavy atom. The van der Waals surface area contributed by atoms with Crippen molar-refractivity contribution in [2.45, 2.75) is 77.4 Å². The number of hydrogen-bond donors (Lipinski definition) is 1. The summed E-state index contributed by atoms with van der Waals surface area (Å²) in [5.74, 6) is 1.55. The van der Waals surface area contributed by atoms with Gasteiger partial charge in [-0.3, -0.25) is 4.18 Å². The first-order valence-corrected chi connectivity index (χ1v) is 11.0. The summed E-state index contributed by atoms with van der Waals surface area (Å²) in [6.45, 7) is 4.50. The minimum atomic E-state index is -4.65. The fourth-order valence-electron chi connectivity index (χ4n) is 6.89. The molecule has 0 heterocycles. The molecular weight excluding hydrogens is 379 g/mol. The molecule has 26 heavy (non-hydrogen) atoms. The third kappa shape index (κ3) is 3.58. The van der Waals surface area contributed by atoms with Crippen LogP contribution in [-0.4, -0.2) is 30.3 Å². The van der Waals surface area contributed by atoms with E-state index in [2.05, 4.69) is 19.9 Å². The van der Waals surface area contributed by atoms with Crippen molar-refractivity contribution in [3.8, 4) is 0 Å². The van der Waals surface area contributed by atoms with Gasteiger partial charge < -0.3 is 9.66 Å². The summed E-state index contributed by atoms with van der Waals surface area (Å²) < 4.78 is 38.4. The first-order chi connectivity index (χ1) is 11.6. The van der Waals surface area contributed by atoms with Crippen LogP contribution in [0.4, 0.5) is 0 Å². The van der Waals surface area contributed by atoms with Crippen molar-refractivity contribution in [2.75, 3.05) is 0 Å². The van der Waals surface area contributed by atoms with E-state index < -0.39 is 16.5 Å². The van der Waals surface area contributed by atoms with Gasteiger partial charge in [0.05, 0.1) is 12.2 Å². The van der Waals surface area contributed by atoms with Crippen molar-refractivity contribution >= 4 is 10.4 Å². The van der Waals surface area contributed by atoms with E-state index >= 15 is 0 Å². The van der Waals surface area contributed by atoms with Crippen molar-refractivity contribution in [1.82, 2.24) is 0 Å². The van der Waals surface area contributed by atoms with Crippen molar-refractivity contribution in [1.29, 1.82) is 0 Å². The van der Waals surface area contributed by atoms with Gasteiger partial charge in [-0.1, -0.05) is 25.5 Å². The second-order valence-corrected chi connectivity index (χ2v) is 10.3. The summed E-state index contributed by atoms with van der Waals surface area (Å²) >= 11 is 0. The molecule has 1 N–H and O–H groups in total. The zero-order valence-corrected chi connectivity index (χ0v) is 20.0. The first-order valence-electron chi connectivity index (χ1n) is 9.65. The molecule has 0 aromatic heterocycles. The molecule has 0 aliphatic heterocycles. The summed E-state index contributed by atoms with van der Waals surface area (Å²) in [7, 11) is -4.65. The molecule has 0 saturated heterocycles. The smallest absolute Gasteiger partial charge is 0.726 e. The largest absolute Gasteiger partial charge is 1.00 e. The van der Waals surface area contributed by atoms with Gasteiger partial charge in [0, 0.05) is 0 Å². The quantitative estimate of drug-likeness (QED) is 0.304. The van der Waals surface area contributed by atoms with Gasteiger partial charge in [-0.05, 0) is 80.0 Å². The molecule has 4 aliphatic rings. The van der Waals surface area contributed by atoms with Crippen molar-refractivity contribution in [2.24, 2.45) is 28.6 Å². The van der Waals surface area contributed by atoms with E-state index in [9.17, 15) is 18.1 Å². The first kappa shape index (κ1) is 21.9. The molecule has 4 aliphatic carbocycles. The molecule has 7 heteroatoms. The monoisotopic (exact) mass is 408 g/mol. The Morgan fingerprint density at radius 3 is 2.58 bits per heavy atom. The summed E-state index contributed by atoms with van der Waals surface area (Å²) in [6.07, 6.45) is 9.01. The summed E-state index contributed by atoms with van der Waals surface area (Å²) in [5.41, 5.74) is 1.39. The molecule has 0 bridgehead atoms. The predicted molar refractivity (Wildman–Crippen MR) is 92.3 cm³/mol. The minimum Gasteiger partial charge on any atom is -0.726 e. The number of aliphatic hydroxyl groups is 1. The Bertz CT molecular complexity index is 692. The van der Waals surface area contributed by atoms with E-state index in [4.69, 9.17) is 4.18 Å². The predicted octanol–water partition coefficient (Wildman–Crippen LogP) is 0.160. The maximum atomic E-state index is 11.1. The molecule has 0 amide bonds. The van der Waals surface area contributed by atoms with Gasteiger partial charge in [-0.15, -0.1) is 0 Å². The van der Waals surface area contributed by atoms with Crippen LogP contribution in [-0.2, 0) is 14.6 Å². The average molecular weight is 409 g/mol. The molecule has 3 saturated carbocycles. The van der Waals surface area contributed by atoms with Gasteiger partial charge in [0.15, 0.2) is 0 Å². The van der Waals surface area contributed by atoms with Crippen LogP contribution in [0.25, 0.3) is 0 Å². The van der Waals surface area contributed by atoms with Gasteiger partial charge in [-0.2, -0.15) is 0 Å². The Kier molecular flexibility index (Phi) is 6.29. The van der Waals surface area contributed by atoms with E-state index in [0.717, 1.165) is 44.9 Å². The van der Waals surface area contributed by atoms with Crippen LogP contribution in [0.15, 0.2) is 11.6 Å². The second kappa shape index (κ2) is 7.47. The van der Waals surface area contributed by atoms with Crippen molar-refractivity contribution in [3.63, 3.8) is 0 Å². The Balaban J connectivity index is 0.00000196. The van der Waals surface area contributed by atoms with Gasteiger partial charge >= 0.3 is 51.4 Å². The van der Waals surface area contributed by atoms with Gasteiger partial charge in [0.25, 0.3) is 0 Å². The number of aliphatic hydroxyl groups excluding tert-OH is 1. The van der Waals surface area contributed by atoms with E-state index in [1.807, 2.05) is 0 Å². The van der Waals surface area contributed by atoms with Gasteiger partial charge in [0.1, 0.15) is 0 Å². The zero-order chi connectivity index (χ0) is 18.0. The number of rotatable bonds is 2. The number of allylic oxidation sites excluding steroid dienone is 1. The maximum Gasteiger partial charge on any atom is 1.00 e. The van der Waals surface area contributed by atoms with Crippen molar-refractivity contribution in [3.05, 3.63) is 11.6 Å². The standard InChI is InChI=1S/C19H30O5S.K/c1-18-9-7-13(20)11-12(18)3-4-14-15-5-6-17(24-25(21,22)23)19(15,2)10-8-16(14)18;/h3,13-17,20H,4-11H2,1-2H3,(H,21,22,23);/q;+1/p-1/t13-,14-,15-,16-,17-,18-,19-;/m0./s1. The summed E-state index contributed by atoms with van der Waals surface area (Å²) in [5, 5.41) is 10.0. The van der Waals surface area contributed by atoms with Crippen LogP contribution in [0, 0.1) is 28.6 Å². The Labute approximate surface area is 199 Å². The molecule has 142 valence electrons. The molecule has 0 aromatic rings. The summed E-state index contributed by atoms with van der Waals surface area (Å²) in [4.78, 5) is 0. The molecule has 7 atom stereocenters. The molecule has 0 spiro atoms. The van der Waals surface area contributed by atoms with E-state index in [1.54, 1.807) is 0 Å². The minimum absolute atomic E-state index is 0. The van der Waals surface area contributed by atoms with Crippen LogP contribution in [0.2, 0.25) is 0 Å². The molecule has 5 nitrogen and oxygen atoms in total. The van der Waals surface area contributed by atoms with E-state index in [1.165, 1.54) is 5.57 Å². The van der Waals surface area contributed by atoms with Gasteiger partial charge in [-0.25, -0.2) is 8.42 Å². The third-order valence-electron chi connectivity index (χ3n) is 8.22. The Hall–Kier alpha value is 1.21. The van der Waals surface area contributed by atoms with Crippen LogP contribution in [0.1, 0.15) is 65.2 Å². The maximum absolute atomic E-state index is 11.1. The molecular formula is C19H29KO5S. The van der Waals surface area contributed by atoms with Crippen LogP contribution in [0.5, 0.6) is 0 Å². The molecule has 4 rings (SSSR count).